The van der Waals surface area contributed by atoms with Crippen LogP contribution in [-0.4, -0.2) is 23.5 Å². The average Bonchev–Trinajstić information content (AvgIpc) is 3.10. The van der Waals surface area contributed by atoms with Crippen LogP contribution in [0.25, 0.3) is 6.08 Å². The van der Waals surface area contributed by atoms with E-state index in [0.29, 0.717) is 39.9 Å². The summed E-state index contributed by atoms with van der Waals surface area (Å²) >= 11 is 7.47. The molecule has 0 saturated carbocycles. The van der Waals surface area contributed by atoms with Crippen LogP contribution in [0.5, 0.6) is 11.5 Å². The molecule has 2 N–H and O–H groups in total. The van der Waals surface area contributed by atoms with E-state index in [-0.39, 0.29) is 11.3 Å². The molecule has 1 fully saturated rings. The normalized spacial score (nSPS) is 14.6. The molecule has 3 aromatic rings. The van der Waals surface area contributed by atoms with Crippen molar-refractivity contribution in [1.29, 1.82) is 0 Å². The van der Waals surface area contributed by atoms with Gasteiger partial charge >= 0.3 is 0 Å². The smallest absolute Gasteiger partial charge is 0.282 e. The van der Waals surface area contributed by atoms with Crippen LogP contribution in [-0.2, 0) is 15.3 Å². The predicted molar refractivity (Wildman–Crippen MR) is 130 cm³/mol. The van der Waals surface area contributed by atoms with Gasteiger partial charge in [0, 0.05) is 21.2 Å². The molecule has 0 radical (unpaired) electrons. The zero-order valence-electron chi connectivity index (χ0n) is 17.7. The number of halogens is 1. The van der Waals surface area contributed by atoms with Gasteiger partial charge in [0.1, 0.15) is 5.57 Å². The second kappa shape index (κ2) is 10.0. The maximum atomic E-state index is 12.9. The van der Waals surface area contributed by atoms with Gasteiger partial charge in [0.2, 0.25) is 0 Å². The van der Waals surface area contributed by atoms with Crippen molar-refractivity contribution in [2.45, 2.75) is 17.6 Å². The van der Waals surface area contributed by atoms with Crippen molar-refractivity contribution in [1.82, 2.24) is 5.43 Å². The number of phenolic OH excluding ortho intramolecular Hbond substituents is 1. The highest BCUT2D eigenvalue weighted by Crippen LogP contribution is 2.37. The molecule has 2 amide bonds. The van der Waals surface area contributed by atoms with Crippen LogP contribution in [0.15, 0.2) is 77.2 Å². The van der Waals surface area contributed by atoms with Gasteiger partial charge in [-0.05, 0) is 67.1 Å². The summed E-state index contributed by atoms with van der Waals surface area (Å²) in [5, 5.41) is 12.6. The maximum absolute atomic E-state index is 12.9. The van der Waals surface area contributed by atoms with E-state index >= 15 is 0 Å². The van der Waals surface area contributed by atoms with Crippen molar-refractivity contribution in [3.05, 3.63) is 88.5 Å². The predicted octanol–water partition coefficient (Wildman–Crippen LogP) is 5.20. The number of amides is 2. The number of para-hydroxylation sites is 1. The van der Waals surface area contributed by atoms with Gasteiger partial charge in [0.25, 0.3) is 11.8 Å². The molecule has 8 heteroatoms. The van der Waals surface area contributed by atoms with Crippen LogP contribution in [0, 0.1) is 0 Å². The largest absolute Gasteiger partial charge is 0.504 e. The molecule has 33 heavy (non-hydrogen) atoms. The lowest BCUT2D eigenvalue weighted by Gasteiger charge is -2.14. The number of thioether (sulfide) groups is 1. The number of nitrogens with one attached hydrogen (secondary N) is 1. The van der Waals surface area contributed by atoms with Crippen molar-refractivity contribution < 1.29 is 19.4 Å². The number of hydrogen-bond donors (Lipinski definition) is 2. The topological polar surface area (TPSA) is 78.9 Å². The minimum absolute atomic E-state index is 0.00305. The number of benzene rings is 3. The van der Waals surface area contributed by atoms with Crippen molar-refractivity contribution >= 4 is 46.9 Å². The summed E-state index contributed by atoms with van der Waals surface area (Å²) in [5.74, 6) is -0.153. The number of aromatic hydroxyl groups is 1. The Bertz CT molecular complexity index is 1210. The molecule has 1 saturated heterocycles. The summed E-state index contributed by atoms with van der Waals surface area (Å²) < 4.78 is 5.59. The van der Waals surface area contributed by atoms with Crippen LogP contribution < -0.4 is 15.2 Å². The lowest BCUT2D eigenvalue weighted by molar-refractivity contribution is -0.117. The first-order valence-corrected chi connectivity index (χ1v) is 11.6. The van der Waals surface area contributed by atoms with Gasteiger partial charge in [0.05, 0.1) is 12.3 Å². The van der Waals surface area contributed by atoms with Gasteiger partial charge in [-0.1, -0.05) is 29.8 Å². The Hall–Kier alpha value is -3.42. The molecular weight excluding hydrogens is 460 g/mol. The first kappa shape index (κ1) is 22.8. The highest BCUT2D eigenvalue weighted by Gasteiger charge is 2.34. The monoisotopic (exact) mass is 480 g/mol. The molecule has 0 aliphatic carbocycles. The minimum Gasteiger partial charge on any atom is -0.504 e. The number of nitrogens with zero attached hydrogens (tertiary/aromatic N) is 1. The molecule has 0 spiro atoms. The zero-order chi connectivity index (χ0) is 23.4. The van der Waals surface area contributed by atoms with Crippen LogP contribution >= 0.6 is 23.4 Å². The van der Waals surface area contributed by atoms with E-state index < -0.39 is 11.8 Å². The number of ether oxygens (including phenoxy) is 1. The molecule has 1 heterocycles. The third-order valence-corrected chi connectivity index (χ3v) is 6.21. The Kier molecular flexibility index (Phi) is 6.91. The van der Waals surface area contributed by atoms with Crippen molar-refractivity contribution in [2.75, 3.05) is 11.6 Å². The highest BCUT2D eigenvalue weighted by atomic mass is 35.5. The van der Waals surface area contributed by atoms with Gasteiger partial charge in [-0.15, -0.1) is 11.8 Å². The molecule has 4 rings (SSSR count). The van der Waals surface area contributed by atoms with E-state index in [9.17, 15) is 14.7 Å². The second-order valence-corrected chi connectivity index (χ2v) is 8.66. The van der Waals surface area contributed by atoms with Crippen molar-refractivity contribution in [2.24, 2.45) is 0 Å². The number of hydrazine groups is 1. The summed E-state index contributed by atoms with van der Waals surface area (Å²) in [4.78, 5) is 26.4. The zero-order valence-corrected chi connectivity index (χ0v) is 19.3. The number of carbonyl (C=O) groups excluding carboxylic acids is 2. The Balaban J connectivity index is 1.64. The summed E-state index contributed by atoms with van der Waals surface area (Å²) in [5.41, 5.74) is 4.36. The maximum Gasteiger partial charge on any atom is 0.282 e. The van der Waals surface area contributed by atoms with Crippen LogP contribution in [0.3, 0.4) is 0 Å². The quantitative estimate of drug-likeness (QED) is 0.276. The fourth-order valence-electron chi connectivity index (χ4n) is 3.32. The third kappa shape index (κ3) is 5.16. The van der Waals surface area contributed by atoms with Crippen LogP contribution in [0.2, 0.25) is 5.02 Å². The van der Waals surface area contributed by atoms with Crippen molar-refractivity contribution in [3.8, 4) is 11.5 Å². The van der Waals surface area contributed by atoms with Gasteiger partial charge in [0.15, 0.2) is 11.5 Å². The van der Waals surface area contributed by atoms with E-state index in [2.05, 4.69) is 5.43 Å². The minimum atomic E-state index is -0.494. The van der Waals surface area contributed by atoms with Gasteiger partial charge in [-0.25, -0.2) is 5.01 Å². The van der Waals surface area contributed by atoms with E-state index in [1.54, 1.807) is 48.5 Å². The number of carbonyl (C=O) groups is 2. The molecule has 3 aromatic carbocycles. The highest BCUT2D eigenvalue weighted by molar-refractivity contribution is 7.98. The van der Waals surface area contributed by atoms with Gasteiger partial charge in [-0.3, -0.25) is 15.0 Å². The average molecular weight is 481 g/mol. The fraction of sp³-hybridized carbons (Fsp3) is 0.120. The third-order valence-electron chi connectivity index (χ3n) is 4.90. The molecule has 0 unspecified atom stereocenters. The van der Waals surface area contributed by atoms with E-state index in [4.69, 9.17) is 16.3 Å². The molecule has 1 aliphatic rings. The molecule has 0 bridgehead atoms. The number of phenols is 1. The second-order valence-electron chi connectivity index (χ2n) is 7.18. The van der Waals surface area contributed by atoms with E-state index in [1.807, 2.05) is 25.1 Å². The summed E-state index contributed by atoms with van der Waals surface area (Å²) in [7, 11) is 0. The van der Waals surface area contributed by atoms with Crippen LogP contribution in [0.4, 0.5) is 5.69 Å². The first-order valence-electron chi connectivity index (χ1n) is 10.3. The molecule has 0 aromatic heterocycles. The standard InChI is InChI=1S/C25H21ClN2O4S/c1-2-32-22-14-16(12-17(23(22)29)15-33-20-10-8-18(26)9-11-20)13-21-24(30)27-28(25(21)31)19-6-4-3-5-7-19/h3-14,29H,2,15H2,1H3,(H,27,30)/b21-13+. The fourth-order valence-corrected chi connectivity index (χ4v) is 4.32. The number of hydrogen-bond acceptors (Lipinski definition) is 5. The Labute approximate surface area is 200 Å². The number of anilines is 1. The Morgan fingerprint density at radius 3 is 2.52 bits per heavy atom. The van der Waals surface area contributed by atoms with Gasteiger partial charge < -0.3 is 9.84 Å². The summed E-state index contributed by atoms with van der Waals surface area (Å²) in [6.07, 6.45) is 1.51. The molecule has 168 valence electrons. The molecule has 6 nitrogen and oxygen atoms in total. The van der Waals surface area contributed by atoms with E-state index in [0.717, 1.165) is 4.90 Å². The molecule has 0 atom stereocenters. The summed E-state index contributed by atoms with van der Waals surface area (Å²) in [6.45, 7) is 2.18. The van der Waals surface area contributed by atoms with Crippen molar-refractivity contribution in [3.63, 3.8) is 0 Å². The first-order chi connectivity index (χ1) is 16.0. The van der Waals surface area contributed by atoms with Gasteiger partial charge in [-0.2, -0.15) is 0 Å². The Morgan fingerprint density at radius 2 is 1.82 bits per heavy atom. The Morgan fingerprint density at radius 1 is 1.09 bits per heavy atom. The lowest BCUT2D eigenvalue weighted by Crippen LogP contribution is -2.35. The van der Waals surface area contributed by atoms with Crippen LogP contribution in [0.1, 0.15) is 18.1 Å². The SMILES string of the molecule is CCOc1cc(/C=C2\C(=O)NN(c3ccccc3)C2=O)cc(CSc2ccc(Cl)cc2)c1O. The molecular formula is C25H21ClN2O4S. The number of rotatable bonds is 7. The van der Waals surface area contributed by atoms with E-state index in [1.165, 1.54) is 22.8 Å². The summed E-state index contributed by atoms with van der Waals surface area (Å²) in [6, 6.07) is 19.7. The lowest BCUT2D eigenvalue weighted by atomic mass is 10.1. The molecule has 1 aliphatic heterocycles.